The van der Waals surface area contributed by atoms with E-state index in [1.165, 1.54) is 6.92 Å². The van der Waals surface area contributed by atoms with Gasteiger partial charge in [0, 0.05) is 12.6 Å². The van der Waals surface area contributed by atoms with Crippen molar-refractivity contribution in [3.05, 3.63) is 29.8 Å². The van der Waals surface area contributed by atoms with Gasteiger partial charge in [-0.15, -0.1) is 0 Å². The fourth-order valence-electron chi connectivity index (χ4n) is 3.79. The Hall–Kier alpha value is -2.84. The normalized spacial score (nSPS) is 22.2. The lowest BCUT2D eigenvalue weighted by Gasteiger charge is -2.19. The largest absolute Gasteiger partial charge is 0.452 e. The molecule has 1 aliphatic carbocycles. The van der Waals surface area contributed by atoms with Crippen molar-refractivity contribution < 1.29 is 32.7 Å². The second-order valence-corrected chi connectivity index (χ2v) is 7.32. The van der Waals surface area contributed by atoms with Crippen molar-refractivity contribution >= 4 is 29.4 Å². The van der Waals surface area contributed by atoms with Crippen molar-refractivity contribution in [2.75, 3.05) is 11.9 Å². The summed E-state index contributed by atoms with van der Waals surface area (Å²) in [6, 6.07) is 2.58. The molecule has 2 aliphatic rings. The van der Waals surface area contributed by atoms with E-state index in [1.807, 2.05) is 0 Å². The monoisotopic (exact) mass is 408 g/mol. The number of amides is 3. The van der Waals surface area contributed by atoms with E-state index in [2.05, 4.69) is 5.32 Å². The lowest BCUT2D eigenvalue weighted by molar-refractivity contribution is -0.154. The molecule has 7 nitrogen and oxygen atoms in total. The molecule has 0 spiro atoms. The number of likely N-dealkylation sites (tertiary alicyclic amines) is 1. The zero-order chi connectivity index (χ0) is 21.1. The minimum absolute atomic E-state index is 0.101. The van der Waals surface area contributed by atoms with Crippen molar-refractivity contribution in [3.8, 4) is 0 Å². The topological polar surface area (TPSA) is 92.8 Å². The van der Waals surface area contributed by atoms with Gasteiger partial charge in [0.25, 0.3) is 5.91 Å². The zero-order valence-corrected chi connectivity index (χ0v) is 16.0. The van der Waals surface area contributed by atoms with Crippen LogP contribution in [0.5, 0.6) is 0 Å². The first-order valence-electron chi connectivity index (χ1n) is 9.58. The van der Waals surface area contributed by atoms with Crippen LogP contribution in [0, 0.1) is 23.5 Å². The summed E-state index contributed by atoms with van der Waals surface area (Å²) in [5, 5.41) is 2.15. The summed E-state index contributed by atoms with van der Waals surface area (Å²) in [5.74, 6) is -4.25. The van der Waals surface area contributed by atoms with Gasteiger partial charge in [0.15, 0.2) is 6.10 Å². The van der Waals surface area contributed by atoms with Gasteiger partial charge in [-0.05, 0) is 31.9 Å². The van der Waals surface area contributed by atoms with Gasteiger partial charge >= 0.3 is 5.97 Å². The first kappa shape index (κ1) is 20.9. The first-order valence-corrected chi connectivity index (χ1v) is 9.58. The van der Waals surface area contributed by atoms with Crippen molar-refractivity contribution in [2.24, 2.45) is 11.8 Å². The molecule has 1 N–H and O–H groups in total. The number of imide groups is 1. The maximum absolute atomic E-state index is 13.6. The maximum Gasteiger partial charge on any atom is 0.308 e. The number of nitrogens with one attached hydrogen (secondary N) is 1. The average molecular weight is 408 g/mol. The molecular weight excluding hydrogens is 386 g/mol. The van der Waals surface area contributed by atoms with E-state index in [9.17, 15) is 28.0 Å². The molecule has 156 valence electrons. The summed E-state index contributed by atoms with van der Waals surface area (Å²) in [5.41, 5.74) is -0.367. The van der Waals surface area contributed by atoms with Crippen LogP contribution in [0.3, 0.4) is 0 Å². The van der Waals surface area contributed by atoms with Gasteiger partial charge < -0.3 is 10.1 Å². The van der Waals surface area contributed by atoms with Crippen LogP contribution in [0.1, 0.15) is 39.0 Å². The lowest BCUT2D eigenvalue weighted by Crippen LogP contribution is -2.35. The molecule has 0 bridgehead atoms. The molecule has 1 heterocycles. The number of fused-ring (bicyclic) bond motifs is 1. The molecule has 3 rings (SSSR count). The molecule has 9 heteroatoms. The second kappa shape index (κ2) is 8.67. The minimum atomic E-state index is -1.27. The molecule has 3 atom stereocenters. The van der Waals surface area contributed by atoms with Crippen LogP contribution < -0.4 is 5.32 Å². The molecule has 2 fully saturated rings. The third-order valence-electron chi connectivity index (χ3n) is 5.34. The van der Waals surface area contributed by atoms with Crippen LogP contribution >= 0.6 is 0 Å². The molecule has 3 amide bonds. The van der Waals surface area contributed by atoms with Crippen LogP contribution in [0.15, 0.2) is 18.2 Å². The Morgan fingerprint density at radius 2 is 1.79 bits per heavy atom. The van der Waals surface area contributed by atoms with Crippen molar-refractivity contribution in [3.63, 3.8) is 0 Å². The van der Waals surface area contributed by atoms with Crippen LogP contribution in [-0.2, 0) is 23.9 Å². The molecule has 1 aromatic carbocycles. The Labute approximate surface area is 166 Å². The van der Waals surface area contributed by atoms with Gasteiger partial charge in [-0.25, -0.2) is 8.78 Å². The van der Waals surface area contributed by atoms with E-state index in [0.29, 0.717) is 12.8 Å². The fraction of sp³-hybridized carbons (Fsp3) is 0.500. The third-order valence-corrected chi connectivity index (χ3v) is 5.34. The number of esters is 1. The van der Waals surface area contributed by atoms with E-state index >= 15 is 0 Å². The predicted octanol–water partition coefficient (Wildman–Crippen LogP) is 2.40. The molecular formula is C20H22F2N2O5. The van der Waals surface area contributed by atoms with E-state index < -0.39 is 29.6 Å². The Morgan fingerprint density at radius 1 is 1.17 bits per heavy atom. The van der Waals surface area contributed by atoms with Gasteiger partial charge in [0.1, 0.15) is 11.6 Å². The van der Waals surface area contributed by atoms with Crippen LogP contribution in [0.25, 0.3) is 0 Å². The molecule has 0 aromatic heterocycles. The quantitative estimate of drug-likeness (QED) is 0.576. The lowest BCUT2D eigenvalue weighted by atomic mass is 9.81. The van der Waals surface area contributed by atoms with Gasteiger partial charge in [-0.3, -0.25) is 24.1 Å². The Bertz CT molecular complexity index is 820. The minimum Gasteiger partial charge on any atom is -0.452 e. The average Bonchev–Trinajstić information content (AvgIpc) is 2.93. The summed E-state index contributed by atoms with van der Waals surface area (Å²) in [4.78, 5) is 49.9. The van der Waals surface area contributed by atoms with Crippen LogP contribution in [0.4, 0.5) is 14.5 Å². The predicted molar refractivity (Wildman–Crippen MR) is 97.3 cm³/mol. The molecule has 1 saturated heterocycles. The summed E-state index contributed by atoms with van der Waals surface area (Å²) < 4.78 is 31.7. The number of halogens is 2. The number of nitrogens with zero attached hydrogens (tertiary/aromatic N) is 1. The highest BCUT2D eigenvalue weighted by Crippen LogP contribution is 2.37. The van der Waals surface area contributed by atoms with Gasteiger partial charge in [-0.2, -0.15) is 0 Å². The summed E-state index contributed by atoms with van der Waals surface area (Å²) in [6.45, 7) is 1.18. The molecule has 0 unspecified atom stereocenters. The molecule has 29 heavy (non-hydrogen) atoms. The number of anilines is 1. The molecule has 0 radical (unpaired) electrons. The number of carbonyl (C=O) groups is 4. The smallest absolute Gasteiger partial charge is 0.308 e. The summed E-state index contributed by atoms with van der Waals surface area (Å²) >= 11 is 0. The van der Waals surface area contributed by atoms with E-state index in [1.54, 1.807) is 0 Å². The fourth-order valence-corrected chi connectivity index (χ4v) is 3.79. The van der Waals surface area contributed by atoms with E-state index in [-0.39, 0.29) is 42.3 Å². The highest BCUT2D eigenvalue weighted by atomic mass is 19.1. The first-order chi connectivity index (χ1) is 13.8. The van der Waals surface area contributed by atoms with Gasteiger partial charge in [-0.1, -0.05) is 12.8 Å². The van der Waals surface area contributed by atoms with Crippen molar-refractivity contribution in [1.82, 2.24) is 4.90 Å². The van der Waals surface area contributed by atoms with Crippen LogP contribution in [-0.4, -0.2) is 41.2 Å². The number of hydrogen-bond acceptors (Lipinski definition) is 5. The highest BCUT2D eigenvalue weighted by Gasteiger charge is 2.47. The summed E-state index contributed by atoms with van der Waals surface area (Å²) in [7, 11) is 0. The molecule has 1 aliphatic heterocycles. The number of hydrogen-bond donors (Lipinski definition) is 1. The number of rotatable bonds is 6. The maximum atomic E-state index is 13.6. The number of benzene rings is 1. The van der Waals surface area contributed by atoms with Crippen molar-refractivity contribution in [1.29, 1.82) is 0 Å². The number of ether oxygens (including phenoxy) is 1. The second-order valence-electron chi connectivity index (χ2n) is 7.32. The van der Waals surface area contributed by atoms with Gasteiger partial charge in [0.05, 0.1) is 23.9 Å². The zero-order valence-electron chi connectivity index (χ0n) is 16.0. The van der Waals surface area contributed by atoms with Gasteiger partial charge in [0.2, 0.25) is 11.8 Å². The van der Waals surface area contributed by atoms with E-state index in [4.69, 9.17) is 4.74 Å². The third kappa shape index (κ3) is 4.60. The Balaban J connectivity index is 1.50. The standard InChI is InChI=1S/C20H22F2N2O5/c1-11(18(26)23-16-10-12(21)6-7-15(16)22)29-17(25)8-9-24-19(27)13-4-2-3-5-14(13)20(24)28/h6-7,10-11,13-14H,2-5,8-9H2,1H3,(H,23,26)/t11-,13-,14+/m0/s1. The Morgan fingerprint density at radius 3 is 2.41 bits per heavy atom. The van der Waals surface area contributed by atoms with Crippen molar-refractivity contribution in [2.45, 2.75) is 45.1 Å². The SMILES string of the molecule is C[C@H](OC(=O)CCN1C(=O)[C@H]2CCCC[C@H]2C1=O)C(=O)Nc1cc(F)ccc1F. The van der Waals surface area contributed by atoms with E-state index in [0.717, 1.165) is 35.9 Å². The summed E-state index contributed by atoms with van der Waals surface area (Å²) in [6.07, 6.45) is 1.68. The Kier molecular flexibility index (Phi) is 6.24. The van der Waals surface area contributed by atoms with Crippen LogP contribution in [0.2, 0.25) is 0 Å². The molecule has 1 saturated carbocycles. The number of carbonyl (C=O) groups excluding carboxylic acids is 4. The highest BCUT2D eigenvalue weighted by molar-refractivity contribution is 6.05. The molecule has 1 aromatic rings.